The number of halogens is 1. The fourth-order valence-electron chi connectivity index (χ4n) is 0.588. The second kappa shape index (κ2) is 7.86. The molecule has 0 unspecified atom stereocenters. The fraction of sp³-hybridized carbons (Fsp3) is 0.750. The lowest BCUT2D eigenvalue weighted by atomic mass is 10.4. The van der Waals surface area contributed by atoms with Gasteiger partial charge in [-0.05, 0) is 6.42 Å². The molecule has 5 heteroatoms. The van der Waals surface area contributed by atoms with Crippen molar-refractivity contribution in [3.63, 3.8) is 0 Å². The van der Waals surface area contributed by atoms with E-state index in [-0.39, 0.29) is 18.9 Å². The number of esters is 2. The van der Waals surface area contributed by atoms with E-state index in [9.17, 15) is 9.59 Å². The minimum Gasteiger partial charge on any atom is -0.465 e. The maximum Gasteiger partial charge on any atom is 0.317 e. The van der Waals surface area contributed by atoms with Crippen molar-refractivity contribution in [2.75, 3.05) is 19.1 Å². The summed E-state index contributed by atoms with van der Waals surface area (Å²) in [6, 6.07) is 0. The summed E-state index contributed by atoms with van der Waals surface area (Å²) < 4.78 is 9.24. The van der Waals surface area contributed by atoms with Gasteiger partial charge in [0.05, 0.1) is 12.5 Å². The highest BCUT2D eigenvalue weighted by Crippen LogP contribution is 1.92. The number of rotatable bonds is 6. The average Bonchev–Trinajstić information content (AvgIpc) is 2.11. The van der Waals surface area contributed by atoms with E-state index in [1.165, 1.54) is 0 Å². The van der Waals surface area contributed by atoms with Crippen molar-refractivity contribution in [3.05, 3.63) is 0 Å². The lowest BCUT2D eigenvalue weighted by molar-refractivity contribution is -0.154. The monoisotopic (exact) mass is 208 g/mol. The van der Waals surface area contributed by atoms with Crippen LogP contribution in [0.3, 0.4) is 0 Å². The molecule has 0 atom stereocenters. The Balaban J connectivity index is 3.47. The molecule has 0 saturated heterocycles. The Morgan fingerprint density at radius 2 is 1.69 bits per heavy atom. The van der Waals surface area contributed by atoms with Crippen molar-refractivity contribution < 1.29 is 19.1 Å². The zero-order chi connectivity index (χ0) is 10.1. The molecular weight excluding hydrogens is 196 g/mol. The summed E-state index contributed by atoms with van der Waals surface area (Å²) in [5, 5.41) is 0. The van der Waals surface area contributed by atoms with Gasteiger partial charge in [-0.25, -0.2) is 0 Å². The van der Waals surface area contributed by atoms with Gasteiger partial charge in [-0.15, -0.1) is 11.6 Å². The van der Waals surface area contributed by atoms with Crippen LogP contribution < -0.4 is 0 Å². The highest BCUT2D eigenvalue weighted by molar-refractivity contribution is 6.18. The summed E-state index contributed by atoms with van der Waals surface area (Å²) in [5.74, 6) is -0.918. The summed E-state index contributed by atoms with van der Waals surface area (Å²) in [4.78, 5) is 21.6. The standard InChI is InChI=1S/C8H13ClO4/c1-2-4-12-7(10)6-8(11)13-5-3-9/h2-6H2,1H3. The van der Waals surface area contributed by atoms with Crippen LogP contribution in [-0.4, -0.2) is 31.0 Å². The third kappa shape index (κ3) is 7.59. The van der Waals surface area contributed by atoms with Gasteiger partial charge in [-0.2, -0.15) is 0 Å². The first-order chi connectivity index (χ1) is 6.20. The number of carbonyl (C=O) groups is 2. The quantitative estimate of drug-likeness (QED) is 0.373. The van der Waals surface area contributed by atoms with Gasteiger partial charge in [0.2, 0.25) is 0 Å². The molecule has 0 spiro atoms. The van der Waals surface area contributed by atoms with Crippen LogP contribution in [-0.2, 0) is 19.1 Å². The number of alkyl halides is 1. The highest BCUT2D eigenvalue weighted by Gasteiger charge is 2.10. The lowest BCUT2D eigenvalue weighted by Crippen LogP contribution is -2.15. The molecule has 0 saturated carbocycles. The molecule has 76 valence electrons. The molecule has 0 heterocycles. The van der Waals surface area contributed by atoms with Crippen LogP contribution in [0.1, 0.15) is 19.8 Å². The zero-order valence-corrected chi connectivity index (χ0v) is 8.30. The van der Waals surface area contributed by atoms with Gasteiger partial charge in [0.25, 0.3) is 0 Å². The number of carbonyl (C=O) groups excluding carboxylic acids is 2. The Kier molecular flexibility index (Phi) is 7.39. The largest absolute Gasteiger partial charge is 0.465 e. The molecule has 0 aromatic rings. The fourth-order valence-corrected chi connectivity index (χ4v) is 0.665. The smallest absolute Gasteiger partial charge is 0.317 e. The molecule has 0 aliphatic rings. The molecule has 0 aromatic carbocycles. The summed E-state index contributed by atoms with van der Waals surface area (Å²) in [6.07, 6.45) is 0.402. The van der Waals surface area contributed by atoms with Crippen LogP contribution in [0.15, 0.2) is 0 Å². The maximum absolute atomic E-state index is 10.8. The van der Waals surface area contributed by atoms with Crippen molar-refractivity contribution in [1.82, 2.24) is 0 Å². The van der Waals surface area contributed by atoms with E-state index in [1.807, 2.05) is 6.92 Å². The Hall–Kier alpha value is -0.770. The van der Waals surface area contributed by atoms with Crippen LogP contribution in [0.25, 0.3) is 0 Å². The summed E-state index contributed by atoms with van der Waals surface area (Å²) in [7, 11) is 0. The van der Waals surface area contributed by atoms with E-state index in [1.54, 1.807) is 0 Å². The second-order valence-electron chi connectivity index (χ2n) is 2.31. The SMILES string of the molecule is CCCOC(=O)CC(=O)OCCCl. The first-order valence-electron chi connectivity index (χ1n) is 4.08. The minimum absolute atomic E-state index is 0.126. The third-order valence-corrected chi connectivity index (χ3v) is 1.25. The van der Waals surface area contributed by atoms with E-state index < -0.39 is 11.9 Å². The van der Waals surface area contributed by atoms with E-state index in [2.05, 4.69) is 9.47 Å². The molecule has 0 bridgehead atoms. The summed E-state index contributed by atoms with van der Waals surface area (Å²) in [6.45, 7) is 2.34. The topological polar surface area (TPSA) is 52.6 Å². The van der Waals surface area contributed by atoms with Crippen LogP contribution in [0.5, 0.6) is 0 Å². The Labute approximate surface area is 82.1 Å². The molecular formula is C8H13ClO4. The van der Waals surface area contributed by atoms with Gasteiger partial charge < -0.3 is 9.47 Å². The third-order valence-electron chi connectivity index (χ3n) is 1.10. The second-order valence-corrected chi connectivity index (χ2v) is 2.68. The molecule has 0 N–H and O–H groups in total. The van der Waals surface area contributed by atoms with Crippen LogP contribution >= 0.6 is 11.6 Å². The maximum atomic E-state index is 10.8. The number of ether oxygens (including phenoxy) is 2. The minimum atomic E-state index is -0.596. The Bertz CT molecular complexity index is 152. The molecule has 0 radical (unpaired) electrons. The predicted octanol–water partition coefficient (Wildman–Crippen LogP) is 1.11. The van der Waals surface area contributed by atoms with Crippen LogP contribution in [0.4, 0.5) is 0 Å². The van der Waals surface area contributed by atoms with E-state index in [0.717, 1.165) is 6.42 Å². The van der Waals surface area contributed by atoms with Crippen molar-refractivity contribution in [3.8, 4) is 0 Å². The lowest BCUT2D eigenvalue weighted by Gasteiger charge is -2.02. The van der Waals surface area contributed by atoms with Crippen molar-refractivity contribution in [2.45, 2.75) is 19.8 Å². The van der Waals surface area contributed by atoms with E-state index in [0.29, 0.717) is 6.61 Å². The van der Waals surface area contributed by atoms with E-state index >= 15 is 0 Å². The van der Waals surface area contributed by atoms with Gasteiger partial charge in [-0.1, -0.05) is 6.92 Å². The van der Waals surface area contributed by atoms with E-state index in [4.69, 9.17) is 11.6 Å². The Morgan fingerprint density at radius 3 is 2.15 bits per heavy atom. The first-order valence-corrected chi connectivity index (χ1v) is 4.61. The zero-order valence-electron chi connectivity index (χ0n) is 7.55. The molecule has 0 rings (SSSR count). The molecule has 0 aliphatic heterocycles. The highest BCUT2D eigenvalue weighted by atomic mass is 35.5. The van der Waals surface area contributed by atoms with Gasteiger partial charge >= 0.3 is 11.9 Å². The first kappa shape index (κ1) is 12.2. The predicted molar refractivity (Wildman–Crippen MR) is 47.5 cm³/mol. The molecule has 0 aliphatic carbocycles. The van der Waals surface area contributed by atoms with Gasteiger partial charge in [-0.3, -0.25) is 9.59 Å². The molecule has 0 aromatic heterocycles. The van der Waals surface area contributed by atoms with Gasteiger partial charge in [0.1, 0.15) is 13.0 Å². The summed E-state index contributed by atoms with van der Waals surface area (Å²) >= 11 is 5.27. The number of hydrogen-bond donors (Lipinski definition) is 0. The van der Waals surface area contributed by atoms with Crippen molar-refractivity contribution in [1.29, 1.82) is 0 Å². The average molecular weight is 209 g/mol. The Morgan fingerprint density at radius 1 is 1.15 bits per heavy atom. The van der Waals surface area contributed by atoms with Crippen molar-refractivity contribution >= 4 is 23.5 Å². The number of hydrogen-bond acceptors (Lipinski definition) is 4. The molecule has 13 heavy (non-hydrogen) atoms. The van der Waals surface area contributed by atoms with Crippen molar-refractivity contribution in [2.24, 2.45) is 0 Å². The molecule has 0 amide bonds. The normalized spacial score (nSPS) is 9.38. The van der Waals surface area contributed by atoms with Gasteiger partial charge in [0, 0.05) is 0 Å². The molecule has 0 fully saturated rings. The van der Waals surface area contributed by atoms with Crippen LogP contribution in [0.2, 0.25) is 0 Å². The molecule has 4 nitrogen and oxygen atoms in total. The van der Waals surface area contributed by atoms with Crippen LogP contribution in [0, 0.1) is 0 Å². The summed E-state index contributed by atoms with van der Waals surface area (Å²) in [5.41, 5.74) is 0. The van der Waals surface area contributed by atoms with Gasteiger partial charge in [0.15, 0.2) is 0 Å².